The molecule has 2 aromatic carbocycles. The highest BCUT2D eigenvalue weighted by atomic mass is 35.5. The molecule has 1 amide bonds. The van der Waals surface area contributed by atoms with Gasteiger partial charge in [0, 0.05) is 23.6 Å². The lowest BCUT2D eigenvalue weighted by molar-refractivity contribution is -0.117. The lowest BCUT2D eigenvalue weighted by Crippen LogP contribution is -2.24. The van der Waals surface area contributed by atoms with Crippen LogP contribution in [0.4, 0.5) is 11.4 Å². The van der Waals surface area contributed by atoms with E-state index in [-0.39, 0.29) is 5.91 Å². The number of hydrogen-bond acceptors (Lipinski definition) is 4. The highest BCUT2D eigenvalue weighted by molar-refractivity contribution is 6.30. The number of aromatic nitrogens is 1. The molecule has 0 saturated carbocycles. The predicted molar refractivity (Wildman–Crippen MR) is 102 cm³/mol. The first kappa shape index (κ1) is 16.7. The quantitative estimate of drug-likeness (QED) is 0.708. The van der Waals surface area contributed by atoms with E-state index >= 15 is 0 Å². The van der Waals surface area contributed by atoms with E-state index in [1.165, 1.54) is 0 Å². The molecule has 1 aromatic heterocycles. The van der Waals surface area contributed by atoms with Gasteiger partial charge in [-0.3, -0.25) is 4.79 Å². The molecule has 5 nitrogen and oxygen atoms in total. The van der Waals surface area contributed by atoms with Gasteiger partial charge in [0.15, 0.2) is 5.76 Å². The zero-order valence-corrected chi connectivity index (χ0v) is 14.9. The normalized spacial score (nSPS) is 14.0. The summed E-state index contributed by atoms with van der Waals surface area (Å²) in [4.78, 5) is 18.2. The molecule has 1 aliphatic heterocycles. The number of carbonyl (C=O) groups is 1. The molecule has 3 aromatic rings. The molecular weight excluding hydrogens is 350 g/mol. The van der Waals surface area contributed by atoms with Crippen LogP contribution in [0.25, 0.3) is 11.3 Å². The topological polar surface area (TPSA) is 58.4 Å². The van der Waals surface area contributed by atoms with E-state index < -0.39 is 0 Å². The van der Waals surface area contributed by atoms with Gasteiger partial charge in [-0.2, -0.15) is 0 Å². The number of para-hydroxylation sites is 2. The van der Waals surface area contributed by atoms with Gasteiger partial charge in [0.2, 0.25) is 11.8 Å². The molecule has 6 heteroatoms. The number of nitrogens with zero attached hydrogens (tertiary/aromatic N) is 2. The Morgan fingerprint density at radius 1 is 1.19 bits per heavy atom. The van der Waals surface area contributed by atoms with Crippen LogP contribution in [0.15, 0.2) is 59.1 Å². The summed E-state index contributed by atoms with van der Waals surface area (Å²) >= 11 is 6.03. The molecular formula is C20H18ClN3O2. The van der Waals surface area contributed by atoms with Crippen LogP contribution < -0.4 is 10.2 Å². The molecule has 1 aliphatic rings. The standard InChI is InChI=1S/C20H18ClN3O2/c21-15-6-3-5-14(11-15)18-12-23-19(26-18)13-22-16-7-1-2-8-17(16)24-10-4-9-20(24)25/h1-3,5-8,11-12,22H,4,9-10,13H2. The Morgan fingerprint density at radius 3 is 2.88 bits per heavy atom. The fourth-order valence-electron chi connectivity index (χ4n) is 3.10. The van der Waals surface area contributed by atoms with Crippen molar-refractivity contribution >= 4 is 28.9 Å². The van der Waals surface area contributed by atoms with Gasteiger partial charge >= 0.3 is 0 Å². The van der Waals surface area contributed by atoms with Crippen LogP contribution in [0, 0.1) is 0 Å². The number of anilines is 2. The summed E-state index contributed by atoms with van der Waals surface area (Å²) in [6.07, 6.45) is 3.20. The van der Waals surface area contributed by atoms with E-state index in [1.807, 2.05) is 53.4 Å². The van der Waals surface area contributed by atoms with Crippen LogP contribution in [0.2, 0.25) is 5.02 Å². The number of carbonyl (C=O) groups excluding carboxylic acids is 1. The zero-order chi connectivity index (χ0) is 17.9. The average Bonchev–Trinajstić information content (AvgIpc) is 3.29. The van der Waals surface area contributed by atoms with Crippen LogP contribution in [-0.2, 0) is 11.3 Å². The van der Waals surface area contributed by atoms with Gasteiger partial charge in [-0.15, -0.1) is 0 Å². The number of hydrogen-bond donors (Lipinski definition) is 1. The molecule has 1 saturated heterocycles. The summed E-state index contributed by atoms with van der Waals surface area (Å²) in [6.45, 7) is 1.19. The summed E-state index contributed by atoms with van der Waals surface area (Å²) in [6, 6.07) is 15.3. The maximum Gasteiger partial charge on any atom is 0.227 e. The summed E-state index contributed by atoms with van der Waals surface area (Å²) in [5.74, 6) is 1.41. The monoisotopic (exact) mass is 367 g/mol. The number of nitrogens with one attached hydrogen (secondary N) is 1. The molecule has 0 radical (unpaired) electrons. The second-order valence-electron chi connectivity index (χ2n) is 6.15. The number of oxazole rings is 1. The lowest BCUT2D eigenvalue weighted by atomic mass is 10.2. The van der Waals surface area contributed by atoms with Crippen molar-refractivity contribution in [3.8, 4) is 11.3 Å². The number of halogens is 1. The highest BCUT2D eigenvalue weighted by Crippen LogP contribution is 2.30. The number of amides is 1. The van der Waals surface area contributed by atoms with Crippen LogP contribution in [0.3, 0.4) is 0 Å². The third-order valence-corrected chi connectivity index (χ3v) is 4.60. The van der Waals surface area contributed by atoms with E-state index in [4.69, 9.17) is 16.0 Å². The molecule has 0 unspecified atom stereocenters. The van der Waals surface area contributed by atoms with Crippen molar-refractivity contribution in [2.45, 2.75) is 19.4 Å². The number of benzene rings is 2. The maximum atomic E-state index is 12.0. The van der Waals surface area contributed by atoms with Crippen molar-refractivity contribution in [2.75, 3.05) is 16.8 Å². The van der Waals surface area contributed by atoms with Crippen molar-refractivity contribution in [3.63, 3.8) is 0 Å². The minimum Gasteiger partial charge on any atom is -0.439 e. The Bertz CT molecular complexity index is 938. The Hall–Kier alpha value is -2.79. The van der Waals surface area contributed by atoms with E-state index in [2.05, 4.69) is 10.3 Å². The van der Waals surface area contributed by atoms with E-state index in [1.54, 1.807) is 6.20 Å². The summed E-state index contributed by atoms with van der Waals surface area (Å²) < 4.78 is 5.82. The van der Waals surface area contributed by atoms with Gasteiger partial charge in [-0.1, -0.05) is 35.9 Å². The van der Waals surface area contributed by atoms with Crippen LogP contribution >= 0.6 is 11.6 Å². The molecule has 0 atom stereocenters. The van der Waals surface area contributed by atoms with E-state index in [0.717, 1.165) is 29.9 Å². The molecule has 1 N–H and O–H groups in total. The Morgan fingerprint density at radius 2 is 2.08 bits per heavy atom. The minimum absolute atomic E-state index is 0.165. The molecule has 132 valence electrons. The van der Waals surface area contributed by atoms with Crippen molar-refractivity contribution in [3.05, 3.63) is 65.6 Å². The smallest absolute Gasteiger partial charge is 0.227 e. The third kappa shape index (κ3) is 3.44. The van der Waals surface area contributed by atoms with Crippen molar-refractivity contribution in [1.29, 1.82) is 0 Å². The van der Waals surface area contributed by atoms with Crippen molar-refractivity contribution in [2.24, 2.45) is 0 Å². The average molecular weight is 368 g/mol. The van der Waals surface area contributed by atoms with Crippen LogP contribution in [-0.4, -0.2) is 17.4 Å². The Balaban J connectivity index is 1.49. The van der Waals surface area contributed by atoms with Crippen LogP contribution in [0.1, 0.15) is 18.7 Å². The number of rotatable bonds is 5. The van der Waals surface area contributed by atoms with Crippen molar-refractivity contribution < 1.29 is 9.21 Å². The van der Waals surface area contributed by atoms with Gasteiger partial charge in [-0.05, 0) is 30.7 Å². The van der Waals surface area contributed by atoms with E-state index in [0.29, 0.717) is 29.6 Å². The minimum atomic E-state index is 0.165. The first-order valence-electron chi connectivity index (χ1n) is 8.54. The fourth-order valence-corrected chi connectivity index (χ4v) is 3.29. The Kier molecular flexibility index (Phi) is 4.63. The maximum absolute atomic E-state index is 12.0. The van der Waals surface area contributed by atoms with Crippen LogP contribution in [0.5, 0.6) is 0 Å². The molecule has 0 spiro atoms. The van der Waals surface area contributed by atoms with Crippen molar-refractivity contribution in [1.82, 2.24) is 4.98 Å². The second kappa shape index (κ2) is 7.22. The van der Waals surface area contributed by atoms with Gasteiger partial charge in [0.05, 0.1) is 24.1 Å². The summed E-state index contributed by atoms with van der Waals surface area (Å²) in [5.41, 5.74) is 2.68. The molecule has 2 heterocycles. The summed E-state index contributed by atoms with van der Waals surface area (Å²) in [5, 5.41) is 3.98. The van der Waals surface area contributed by atoms with Gasteiger partial charge in [0.1, 0.15) is 0 Å². The third-order valence-electron chi connectivity index (χ3n) is 4.36. The molecule has 0 bridgehead atoms. The zero-order valence-electron chi connectivity index (χ0n) is 14.1. The molecule has 26 heavy (non-hydrogen) atoms. The summed E-state index contributed by atoms with van der Waals surface area (Å²) in [7, 11) is 0. The lowest BCUT2D eigenvalue weighted by Gasteiger charge is -2.20. The van der Waals surface area contributed by atoms with Gasteiger partial charge in [0.25, 0.3) is 0 Å². The molecule has 0 aliphatic carbocycles. The first-order valence-corrected chi connectivity index (χ1v) is 8.92. The Labute approximate surface area is 156 Å². The van der Waals surface area contributed by atoms with E-state index in [9.17, 15) is 4.79 Å². The second-order valence-corrected chi connectivity index (χ2v) is 6.58. The fraction of sp³-hybridized carbons (Fsp3) is 0.200. The predicted octanol–water partition coefficient (Wildman–Crippen LogP) is 4.73. The highest BCUT2D eigenvalue weighted by Gasteiger charge is 2.23. The van der Waals surface area contributed by atoms with Gasteiger partial charge in [-0.25, -0.2) is 4.98 Å². The molecule has 4 rings (SSSR count). The largest absolute Gasteiger partial charge is 0.439 e. The van der Waals surface area contributed by atoms with Gasteiger partial charge < -0.3 is 14.6 Å². The SMILES string of the molecule is O=C1CCCN1c1ccccc1NCc1ncc(-c2cccc(Cl)c2)o1. The molecule has 1 fully saturated rings. The first-order chi connectivity index (χ1) is 12.7.